The Kier molecular flexibility index (Phi) is 5.13. The van der Waals surface area contributed by atoms with Crippen LogP contribution in [0.25, 0.3) is 0 Å². The van der Waals surface area contributed by atoms with E-state index in [0.29, 0.717) is 11.3 Å². The number of hydrogen-bond acceptors (Lipinski definition) is 6. The maximum absolute atomic E-state index is 11.9. The first kappa shape index (κ1) is 17.4. The number of nitro groups is 1. The van der Waals surface area contributed by atoms with Crippen LogP contribution >= 0.6 is 0 Å². The molecule has 2 aromatic rings. The van der Waals surface area contributed by atoms with E-state index >= 15 is 0 Å². The number of esters is 1. The first-order valence-electron chi connectivity index (χ1n) is 7.32. The minimum Gasteiger partial charge on any atom is -0.460 e. The summed E-state index contributed by atoms with van der Waals surface area (Å²) in [5, 5.41) is 11.1. The normalized spacial score (nSPS) is 11.0. The van der Waals surface area contributed by atoms with Gasteiger partial charge in [-0.25, -0.2) is 0 Å². The third-order valence-electron chi connectivity index (χ3n) is 2.80. The molecule has 126 valence electrons. The van der Waals surface area contributed by atoms with Gasteiger partial charge in [-0.3, -0.25) is 4.79 Å². The Labute approximate surface area is 139 Å². The summed E-state index contributed by atoms with van der Waals surface area (Å²) in [6.45, 7) is 5.30. The zero-order valence-corrected chi connectivity index (χ0v) is 13.7. The highest BCUT2D eigenvalue weighted by Gasteiger charge is 2.22. The van der Waals surface area contributed by atoms with Crippen molar-refractivity contribution in [3.63, 3.8) is 0 Å². The van der Waals surface area contributed by atoms with Gasteiger partial charge in [-0.1, -0.05) is 18.2 Å². The highest BCUT2D eigenvalue weighted by atomic mass is 16.6. The van der Waals surface area contributed by atoms with E-state index in [4.69, 9.17) is 9.47 Å². The first-order chi connectivity index (χ1) is 11.2. The van der Waals surface area contributed by atoms with Gasteiger partial charge in [-0.2, -0.15) is 0 Å². The molecule has 0 N–H and O–H groups in total. The zero-order chi connectivity index (χ0) is 17.7. The smallest absolute Gasteiger partial charge is 0.406 e. The number of carbonyl (C=O) groups is 1. The fourth-order valence-corrected chi connectivity index (χ4v) is 1.95. The second-order valence-corrected chi connectivity index (χ2v) is 6.10. The molecule has 0 unspecified atom stereocenters. The van der Waals surface area contributed by atoms with Gasteiger partial charge in [0.1, 0.15) is 17.5 Å². The van der Waals surface area contributed by atoms with Crippen molar-refractivity contribution < 1.29 is 19.2 Å². The summed E-state index contributed by atoms with van der Waals surface area (Å²) in [5.74, 6) is -0.431. The van der Waals surface area contributed by atoms with Crippen LogP contribution in [0.3, 0.4) is 0 Å². The number of nitrogens with zero attached hydrogens (tertiary/aromatic N) is 2. The summed E-state index contributed by atoms with van der Waals surface area (Å²) < 4.78 is 10.8. The van der Waals surface area contributed by atoms with E-state index in [1.54, 1.807) is 51.1 Å². The van der Waals surface area contributed by atoms with E-state index in [-0.39, 0.29) is 12.2 Å². The summed E-state index contributed by atoms with van der Waals surface area (Å²) in [4.78, 5) is 26.2. The maximum atomic E-state index is 11.9. The predicted molar refractivity (Wildman–Crippen MR) is 87.0 cm³/mol. The van der Waals surface area contributed by atoms with Crippen LogP contribution in [0.15, 0.2) is 42.6 Å². The molecule has 0 bridgehead atoms. The number of hydrogen-bond donors (Lipinski definition) is 0. The SMILES string of the molecule is CC(C)(C)OC(=O)Cc1cnc([N+](=O)[O-])c(Oc2ccccc2)c1. The van der Waals surface area contributed by atoms with Gasteiger partial charge in [0.25, 0.3) is 0 Å². The van der Waals surface area contributed by atoms with Crippen LogP contribution < -0.4 is 4.74 Å². The zero-order valence-electron chi connectivity index (χ0n) is 13.7. The van der Waals surface area contributed by atoms with Crippen LogP contribution in [0.4, 0.5) is 5.82 Å². The predicted octanol–water partition coefficient (Wildman–Crippen LogP) is 3.67. The van der Waals surface area contributed by atoms with Crippen LogP contribution in [0.5, 0.6) is 11.5 Å². The van der Waals surface area contributed by atoms with E-state index in [0.717, 1.165) is 0 Å². The quantitative estimate of drug-likeness (QED) is 0.472. The molecule has 0 aliphatic carbocycles. The third-order valence-corrected chi connectivity index (χ3v) is 2.80. The van der Waals surface area contributed by atoms with Crippen molar-refractivity contribution in [2.24, 2.45) is 0 Å². The Balaban J connectivity index is 2.24. The van der Waals surface area contributed by atoms with Crippen LogP contribution in [0.1, 0.15) is 26.3 Å². The summed E-state index contributed by atoms with van der Waals surface area (Å²) in [6.07, 6.45) is 1.23. The number of para-hydroxylation sites is 1. The minimum absolute atomic E-state index is 0.0211. The van der Waals surface area contributed by atoms with Crippen LogP contribution in [0.2, 0.25) is 0 Å². The number of carbonyl (C=O) groups excluding carboxylic acids is 1. The van der Waals surface area contributed by atoms with Crippen LogP contribution in [-0.4, -0.2) is 21.5 Å². The fourth-order valence-electron chi connectivity index (χ4n) is 1.95. The molecule has 0 spiro atoms. The average Bonchev–Trinajstić information content (AvgIpc) is 2.46. The monoisotopic (exact) mass is 330 g/mol. The second-order valence-electron chi connectivity index (χ2n) is 6.10. The second kappa shape index (κ2) is 7.08. The largest absolute Gasteiger partial charge is 0.460 e. The van der Waals surface area contributed by atoms with Gasteiger partial charge in [0.15, 0.2) is 0 Å². The fraction of sp³-hybridized carbons (Fsp3) is 0.294. The Morgan fingerprint density at radius 1 is 1.25 bits per heavy atom. The molecule has 0 aliphatic rings. The van der Waals surface area contributed by atoms with Crippen molar-refractivity contribution in [2.45, 2.75) is 32.8 Å². The molecular weight excluding hydrogens is 312 g/mol. The lowest BCUT2D eigenvalue weighted by atomic mass is 10.1. The van der Waals surface area contributed by atoms with E-state index in [1.807, 2.05) is 0 Å². The van der Waals surface area contributed by atoms with Crippen molar-refractivity contribution in [1.82, 2.24) is 4.98 Å². The molecule has 7 nitrogen and oxygen atoms in total. The standard InChI is InChI=1S/C17H18N2O5/c1-17(2,3)24-15(20)10-12-9-14(16(18-11-12)19(21)22)23-13-7-5-4-6-8-13/h4-9,11H,10H2,1-3H3. The lowest BCUT2D eigenvalue weighted by Crippen LogP contribution is -2.24. The Hall–Kier alpha value is -2.96. The molecule has 7 heteroatoms. The van der Waals surface area contributed by atoms with Crippen LogP contribution in [-0.2, 0) is 16.0 Å². The van der Waals surface area contributed by atoms with Crippen molar-refractivity contribution in [1.29, 1.82) is 0 Å². The van der Waals surface area contributed by atoms with E-state index in [2.05, 4.69) is 4.98 Å². The highest BCUT2D eigenvalue weighted by Crippen LogP contribution is 2.30. The molecule has 0 radical (unpaired) electrons. The van der Waals surface area contributed by atoms with Gasteiger partial charge in [0, 0.05) is 5.56 Å². The molecule has 0 fully saturated rings. The molecule has 2 rings (SSSR count). The lowest BCUT2D eigenvalue weighted by Gasteiger charge is -2.19. The maximum Gasteiger partial charge on any atom is 0.406 e. The molecule has 0 saturated carbocycles. The minimum atomic E-state index is -0.629. The summed E-state index contributed by atoms with van der Waals surface area (Å²) >= 11 is 0. The van der Waals surface area contributed by atoms with E-state index in [1.165, 1.54) is 12.3 Å². The third kappa shape index (κ3) is 5.05. The van der Waals surface area contributed by atoms with Crippen LogP contribution in [0, 0.1) is 10.1 Å². The van der Waals surface area contributed by atoms with Gasteiger partial charge in [-0.05, 0) is 48.9 Å². The molecule has 0 aliphatic heterocycles. The van der Waals surface area contributed by atoms with Crippen molar-refractivity contribution >= 4 is 11.8 Å². The highest BCUT2D eigenvalue weighted by molar-refractivity contribution is 5.73. The molecule has 0 saturated heterocycles. The number of rotatable bonds is 5. The molecule has 0 atom stereocenters. The van der Waals surface area contributed by atoms with E-state index in [9.17, 15) is 14.9 Å². The number of benzene rings is 1. The number of pyridine rings is 1. The van der Waals surface area contributed by atoms with Crippen molar-refractivity contribution in [3.05, 3.63) is 58.3 Å². The van der Waals surface area contributed by atoms with Crippen molar-refractivity contribution in [2.75, 3.05) is 0 Å². The Bertz CT molecular complexity index is 738. The first-order valence-corrected chi connectivity index (χ1v) is 7.32. The molecular formula is C17H18N2O5. The Morgan fingerprint density at radius 3 is 2.50 bits per heavy atom. The number of aromatic nitrogens is 1. The molecule has 1 aromatic carbocycles. The van der Waals surface area contributed by atoms with Gasteiger partial charge in [0.05, 0.1) is 6.42 Å². The summed E-state index contributed by atoms with van der Waals surface area (Å²) in [6, 6.07) is 10.1. The molecule has 0 amide bonds. The van der Waals surface area contributed by atoms with Gasteiger partial charge in [0.2, 0.25) is 5.75 Å². The lowest BCUT2D eigenvalue weighted by molar-refractivity contribution is -0.390. The molecule has 24 heavy (non-hydrogen) atoms. The molecule has 1 heterocycles. The van der Waals surface area contributed by atoms with Gasteiger partial charge >= 0.3 is 11.8 Å². The summed E-state index contributed by atoms with van der Waals surface area (Å²) in [7, 11) is 0. The molecule has 1 aromatic heterocycles. The average molecular weight is 330 g/mol. The number of ether oxygens (including phenoxy) is 2. The summed E-state index contributed by atoms with van der Waals surface area (Å²) in [5.41, 5.74) is -0.130. The van der Waals surface area contributed by atoms with Gasteiger partial charge in [-0.15, -0.1) is 0 Å². The van der Waals surface area contributed by atoms with Crippen molar-refractivity contribution in [3.8, 4) is 11.5 Å². The topological polar surface area (TPSA) is 91.6 Å². The Morgan fingerprint density at radius 2 is 1.92 bits per heavy atom. The van der Waals surface area contributed by atoms with E-state index < -0.39 is 22.3 Å². The van der Waals surface area contributed by atoms with Gasteiger partial charge < -0.3 is 19.6 Å².